The zero-order valence-corrected chi connectivity index (χ0v) is 16.6. The Morgan fingerprint density at radius 2 is 2.07 bits per heavy atom. The zero-order valence-electron chi connectivity index (χ0n) is 16.6. The molecule has 150 valence electrons. The molecular weight excluding hydrogens is 352 g/mol. The Balaban J connectivity index is 1.61. The van der Waals surface area contributed by atoms with Crippen LogP contribution in [0.1, 0.15) is 31.7 Å². The fourth-order valence-electron chi connectivity index (χ4n) is 3.67. The fourth-order valence-corrected chi connectivity index (χ4v) is 3.67. The van der Waals surface area contributed by atoms with Crippen molar-refractivity contribution in [2.75, 3.05) is 26.2 Å². The molecule has 3 heterocycles. The lowest BCUT2D eigenvalue weighted by atomic mass is 9.88. The summed E-state index contributed by atoms with van der Waals surface area (Å²) in [5, 5.41) is 3.11. The smallest absolute Gasteiger partial charge is 0.224 e. The molecule has 1 aliphatic heterocycles. The summed E-state index contributed by atoms with van der Waals surface area (Å²) in [5.41, 5.74) is 1.22. The molecule has 2 aromatic heterocycles. The number of hydrogen-bond acceptors (Lipinski definition) is 5. The van der Waals surface area contributed by atoms with Gasteiger partial charge in [0, 0.05) is 50.7 Å². The molecular formula is C22H30N4O2. The van der Waals surface area contributed by atoms with Crippen LogP contribution in [-0.2, 0) is 11.3 Å². The van der Waals surface area contributed by atoms with E-state index in [1.165, 1.54) is 5.56 Å². The average molecular weight is 383 g/mol. The molecule has 0 spiro atoms. The van der Waals surface area contributed by atoms with Crippen LogP contribution in [-0.4, -0.2) is 47.0 Å². The second-order valence-corrected chi connectivity index (χ2v) is 7.49. The molecule has 0 aromatic carbocycles. The first-order valence-corrected chi connectivity index (χ1v) is 10.2. The van der Waals surface area contributed by atoms with Crippen molar-refractivity contribution >= 4 is 5.91 Å². The van der Waals surface area contributed by atoms with Crippen molar-refractivity contribution < 1.29 is 9.53 Å². The van der Waals surface area contributed by atoms with Gasteiger partial charge in [-0.15, -0.1) is 0 Å². The molecule has 2 aromatic rings. The number of ether oxygens (including phenoxy) is 1. The summed E-state index contributed by atoms with van der Waals surface area (Å²) < 4.78 is 5.94. The van der Waals surface area contributed by atoms with E-state index in [1.807, 2.05) is 36.7 Å². The summed E-state index contributed by atoms with van der Waals surface area (Å²) in [7, 11) is 0. The minimum Gasteiger partial charge on any atom is -0.492 e. The van der Waals surface area contributed by atoms with Gasteiger partial charge in [0.05, 0.1) is 18.7 Å². The summed E-state index contributed by atoms with van der Waals surface area (Å²) in [6.07, 6.45) is 10.1. The summed E-state index contributed by atoms with van der Waals surface area (Å²) >= 11 is 0. The number of piperidine rings is 1. The maximum Gasteiger partial charge on any atom is 0.224 e. The highest BCUT2D eigenvalue weighted by Crippen LogP contribution is 2.25. The van der Waals surface area contributed by atoms with Gasteiger partial charge in [0.15, 0.2) is 0 Å². The number of carbonyl (C=O) groups excluding carboxylic acids is 1. The Bertz CT molecular complexity index is 711. The van der Waals surface area contributed by atoms with Crippen molar-refractivity contribution in [3.8, 4) is 5.75 Å². The van der Waals surface area contributed by atoms with Crippen molar-refractivity contribution in [2.45, 2.75) is 32.7 Å². The number of nitrogens with zero attached hydrogens (tertiary/aromatic N) is 3. The van der Waals surface area contributed by atoms with Gasteiger partial charge in [-0.2, -0.15) is 0 Å². The first-order chi connectivity index (χ1) is 13.7. The second-order valence-electron chi connectivity index (χ2n) is 7.49. The molecule has 0 bridgehead atoms. The summed E-state index contributed by atoms with van der Waals surface area (Å²) in [6, 6.07) is 7.85. The van der Waals surface area contributed by atoms with E-state index in [0.717, 1.165) is 51.2 Å². The van der Waals surface area contributed by atoms with Gasteiger partial charge in [0.25, 0.3) is 0 Å². The van der Waals surface area contributed by atoms with Gasteiger partial charge in [-0.3, -0.25) is 19.7 Å². The summed E-state index contributed by atoms with van der Waals surface area (Å²) in [5.74, 6) is 1.24. The monoisotopic (exact) mass is 382 g/mol. The van der Waals surface area contributed by atoms with E-state index >= 15 is 0 Å². The minimum atomic E-state index is -0.00468. The molecule has 1 saturated heterocycles. The summed E-state index contributed by atoms with van der Waals surface area (Å²) in [4.78, 5) is 23.2. The number of hydrogen-bond donors (Lipinski definition) is 1. The van der Waals surface area contributed by atoms with Crippen LogP contribution in [0, 0.1) is 11.8 Å². The average Bonchev–Trinajstić information content (AvgIpc) is 2.74. The largest absolute Gasteiger partial charge is 0.492 e. The molecule has 0 saturated carbocycles. The van der Waals surface area contributed by atoms with E-state index in [1.54, 1.807) is 12.4 Å². The predicted molar refractivity (Wildman–Crippen MR) is 109 cm³/mol. The van der Waals surface area contributed by atoms with Crippen molar-refractivity contribution in [1.82, 2.24) is 20.2 Å². The summed E-state index contributed by atoms with van der Waals surface area (Å²) in [6.45, 7) is 6.01. The van der Waals surface area contributed by atoms with Crippen molar-refractivity contribution in [3.05, 3.63) is 54.6 Å². The maximum absolute atomic E-state index is 12.7. The number of pyridine rings is 2. The third-order valence-corrected chi connectivity index (χ3v) is 5.09. The predicted octanol–water partition coefficient (Wildman–Crippen LogP) is 2.91. The van der Waals surface area contributed by atoms with Crippen molar-refractivity contribution in [1.29, 1.82) is 0 Å². The molecule has 3 rings (SSSR count). The highest BCUT2D eigenvalue weighted by atomic mass is 16.5. The molecule has 0 unspecified atom stereocenters. The van der Waals surface area contributed by atoms with Crippen LogP contribution in [0.25, 0.3) is 0 Å². The fraction of sp³-hybridized carbons (Fsp3) is 0.500. The van der Waals surface area contributed by atoms with Gasteiger partial charge in [0.1, 0.15) is 5.75 Å². The van der Waals surface area contributed by atoms with E-state index in [0.29, 0.717) is 12.5 Å². The van der Waals surface area contributed by atoms with Gasteiger partial charge in [-0.1, -0.05) is 13.3 Å². The lowest BCUT2D eigenvalue weighted by Gasteiger charge is -2.37. The van der Waals surface area contributed by atoms with Gasteiger partial charge in [-0.25, -0.2) is 0 Å². The third-order valence-electron chi connectivity index (χ3n) is 5.09. The topological polar surface area (TPSA) is 67.3 Å². The quantitative estimate of drug-likeness (QED) is 0.676. The van der Waals surface area contributed by atoms with Crippen LogP contribution in [0.3, 0.4) is 0 Å². The minimum absolute atomic E-state index is 0.00468. The number of amides is 1. The van der Waals surface area contributed by atoms with Crippen LogP contribution in [0.15, 0.2) is 49.1 Å². The molecule has 1 fully saturated rings. The molecule has 1 aliphatic rings. The Hall–Kier alpha value is -2.47. The van der Waals surface area contributed by atoms with Crippen LogP contribution >= 0.6 is 0 Å². The molecule has 2 atom stereocenters. The molecule has 0 radical (unpaired) electrons. The van der Waals surface area contributed by atoms with Crippen LogP contribution in [0.2, 0.25) is 0 Å². The highest BCUT2D eigenvalue weighted by molar-refractivity contribution is 5.79. The van der Waals surface area contributed by atoms with E-state index in [2.05, 4.69) is 27.1 Å². The number of carbonyl (C=O) groups is 1. The zero-order chi connectivity index (χ0) is 19.6. The number of unbranched alkanes of at least 4 members (excludes halogenated alkanes) is 1. The van der Waals surface area contributed by atoms with Gasteiger partial charge in [-0.05, 0) is 42.7 Å². The Kier molecular flexibility index (Phi) is 7.79. The Labute approximate surface area is 167 Å². The molecule has 0 aliphatic carbocycles. The SMILES string of the molecule is CCCCNC(=O)[C@@H]1C[C@H](COc2cccnc2)CN(Cc2ccncc2)C1. The van der Waals surface area contributed by atoms with Gasteiger partial charge in [0.2, 0.25) is 5.91 Å². The standard InChI is InChI=1S/C22H30N4O2/c1-2-3-9-25-22(27)20-12-19(17-28-21-5-4-8-24-13-21)15-26(16-20)14-18-6-10-23-11-7-18/h4-8,10-11,13,19-20H,2-3,9,12,14-17H2,1H3,(H,25,27)/t19-,20+/m0/s1. The van der Waals surface area contributed by atoms with Crippen LogP contribution in [0.4, 0.5) is 0 Å². The lowest BCUT2D eigenvalue weighted by molar-refractivity contribution is -0.127. The highest BCUT2D eigenvalue weighted by Gasteiger charge is 2.32. The number of rotatable bonds is 9. The third kappa shape index (κ3) is 6.30. The maximum atomic E-state index is 12.7. The van der Waals surface area contributed by atoms with Gasteiger partial charge >= 0.3 is 0 Å². The number of aromatic nitrogens is 2. The lowest BCUT2D eigenvalue weighted by Crippen LogP contribution is -2.47. The van der Waals surface area contributed by atoms with Crippen LogP contribution < -0.4 is 10.1 Å². The van der Waals surface area contributed by atoms with E-state index < -0.39 is 0 Å². The number of likely N-dealkylation sites (tertiary alicyclic amines) is 1. The molecule has 6 nitrogen and oxygen atoms in total. The molecule has 28 heavy (non-hydrogen) atoms. The van der Waals surface area contributed by atoms with E-state index in [9.17, 15) is 4.79 Å². The molecule has 1 N–H and O–H groups in total. The normalized spacial score (nSPS) is 19.9. The van der Waals surface area contributed by atoms with Crippen molar-refractivity contribution in [2.24, 2.45) is 11.8 Å². The Morgan fingerprint density at radius 1 is 1.21 bits per heavy atom. The van der Waals surface area contributed by atoms with Crippen molar-refractivity contribution in [3.63, 3.8) is 0 Å². The number of nitrogens with one attached hydrogen (secondary N) is 1. The first kappa shape index (κ1) is 20.3. The van der Waals surface area contributed by atoms with E-state index in [4.69, 9.17) is 4.74 Å². The van der Waals surface area contributed by atoms with Crippen LogP contribution in [0.5, 0.6) is 5.75 Å². The Morgan fingerprint density at radius 3 is 2.82 bits per heavy atom. The first-order valence-electron chi connectivity index (χ1n) is 10.2. The van der Waals surface area contributed by atoms with E-state index in [-0.39, 0.29) is 11.8 Å². The molecule has 6 heteroatoms. The van der Waals surface area contributed by atoms with Gasteiger partial charge < -0.3 is 10.1 Å². The molecule has 1 amide bonds. The second kappa shape index (κ2) is 10.8.